The Balaban J connectivity index is 0. The Morgan fingerprint density at radius 3 is 1.50 bits per heavy atom. The van der Waals surface area contributed by atoms with Gasteiger partial charge in [-0.3, -0.25) is 14.4 Å². The Labute approximate surface area is 176 Å². The first-order valence-corrected chi connectivity index (χ1v) is 8.51. The number of aldehydes is 1. The topological polar surface area (TPSA) is 126 Å². The van der Waals surface area contributed by atoms with Crippen LogP contribution in [0, 0.1) is 5.92 Å². The van der Waals surface area contributed by atoms with E-state index in [1.54, 1.807) is 18.0 Å². The highest BCUT2D eigenvalue weighted by atomic mass is 16.5. The zero-order valence-electron chi connectivity index (χ0n) is 18.5. The third-order valence-electron chi connectivity index (χ3n) is 3.17. The van der Waals surface area contributed by atoms with Crippen molar-refractivity contribution in [2.45, 2.75) is 13.8 Å². The van der Waals surface area contributed by atoms with Crippen LogP contribution in [-0.4, -0.2) is 77.6 Å². The molecule has 0 N–H and O–H groups in total. The summed E-state index contributed by atoms with van der Waals surface area (Å²) in [6.45, 7) is 3.25. The van der Waals surface area contributed by atoms with Gasteiger partial charge in [-0.25, -0.2) is 9.59 Å². The predicted molar refractivity (Wildman–Crippen MR) is 107 cm³/mol. The van der Waals surface area contributed by atoms with Crippen LogP contribution in [-0.2, 0) is 42.9 Å². The van der Waals surface area contributed by atoms with Crippen molar-refractivity contribution in [1.82, 2.24) is 4.90 Å². The summed E-state index contributed by atoms with van der Waals surface area (Å²) < 4.78 is 17.7. The Morgan fingerprint density at radius 1 is 0.767 bits per heavy atom. The number of methoxy groups -OCH3 is 4. The number of hydrogen-bond acceptors (Lipinski definition) is 10. The van der Waals surface area contributed by atoms with Gasteiger partial charge in [0.25, 0.3) is 0 Å². The monoisotopic (exact) mass is 427 g/mol. The molecule has 0 bridgehead atoms. The fourth-order valence-electron chi connectivity index (χ4n) is 1.88. The molecule has 0 unspecified atom stereocenters. The van der Waals surface area contributed by atoms with Crippen molar-refractivity contribution >= 4 is 30.2 Å². The number of ether oxygens (including phenoxy) is 4. The molecule has 0 aromatic carbocycles. The van der Waals surface area contributed by atoms with Crippen molar-refractivity contribution in [1.29, 1.82) is 0 Å². The van der Waals surface area contributed by atoms with Crippen LogP contribution in [0.5, 0.6) is 0 Å². The molecule has 0 rings (SSSR count). The highest BCUT2D eigenvalue weighted by Gasteiger charge is 2.26. The van der Waals surface area contributed by atoms with E-state index in [0.717, 1.165) is 19.8 Å². The normalized spacial score (nSPS) is 10.7. The number of esters is 4. The molecular weight excluding hydrogens is 398 g/mol. The molecule has 0 heterocycles. The molecule has 0 amide bonds. The van der Waals surface area contributed by atoms with Gasteiger partial charge in [0.05, 0.1) is 28.4 Å². The third-order valence-corrected chi connectivity index (χ3v) is 3.17. The maximum atomic E-state index is 11.3. The minimum Gasteiger partial charge on any atom is -0.468 e. The first-order chi connectivity index (χ1) is 14.0. The minimum absolute atomic E-state index is 0.124. The molecular formula is C20H29NO9. The van der Waals surface area contributed by atoms with Crippen molar-refractivity contribution in [2.24, 2.45) is 5.92 Å². The summed E-state index contributed by atoms with van der Waals surface area (Å²) in [4.78, 5) is 56.9. The van der Waals surface area contributed by atoms with E-state index in [9.17, 15) is 24.0 Å². The molecule has 0 aromatic heterocycles. The minimum atomic E-state index is -1.17. The van der Waals surface area contributed by atoms with Crippen LogP contribution in [0.25, 0.3) is 0 Å². The fraction of sp³-hybridized carbons (Fsp3) is 0.450. The molecule has 0 atom stereocenters. The standard InChI is InChI=1S/C11H17NO4.C9H12O5/c1-8(7-12(2)3)6-9(10(13)15-4)11(14)16-5;1-6(5-10)4-7(8(11)13-2)9(12)14-3/h6-7H,1-5H3;4-5,7H,1-3H3/b8-7+;6-4+. The smallest absolute Gasteiger partial charge is 0.345 e. The maximum Gasteiger partial charge on any atom is 0.345 e. The summed E-state index contributed by atoms with van der Waals surface area (Å²) in [6, 6.07) is 0. The SMILES string of the molecule is COC(=O)C(/C=C(\C)C=O)C(=O)OC.COC(=O)C(=C/C(C)=C/N(C)C)C(=O)OC. The summed E-state index contributed by atoms with van der Waals surface area (Å²) in [5.41, 5.74) is 0.891. The van der Waals surface area contributed by atoms with Crippen LogP contribution in [0.15, 0.2) is 35.1 Å². The molecule has 0 saturated carbocycles. The van der Waals surface area contributed by atoms with Gasteiger partial charge in [0.2, 0.25) is 0 Å². The Kier molecular flexibility index (Phi) is 14.9. The zero-order valence-corrected chi connectivity index (χ0v) is 18.5. The molecule has 0 spiro atoms. The van der Waals surface area contributed by atoms with Crippen LogP contribution < -0.4 is 0 Å². The van der Waals surface area contributed by atoms with Gasteiger partial charge < -0.3 is 23.8 Å². The molecule has 0 aliphatic carbocycles. The molecule has 0 fully saturated rings. The van der Waals surface area contributed by atoms with Crippen molar-refractivity contribution in [3.8, 4) is 0 Å². The van der Waals surface area contributed by atoms with Crippen molar-refractivity contribution in [3.05, 3.63) is 35.1 Å². The van der Waals surface area contributed by atoms with Gasteiger partial charge in [-0.05, 0) is 31.1 Å². The van der Waals surface area contributed by atoms with Gasteiger partial charge in [0.15, 0.2) is 5.92 Å². The van der Waals surface area contributed by atoms with Gasteiger partial charge in [0.1, 0.15) is 11.9 Å². The largest absolute Gasteiger partial charge is 0.468 e. The number of hydrogen-bond donors (Lipinski definition) is 0. The number of carbonyl (C=O) groups excluding carboxylic acids is 5. The van der Waals surface area contributed by atoms with E-state index in [0.29, 0.717) is 6.29 Å². The van der Waals surface area contributed by atoms with Crippen LogP contribution in [0.4, 0.5) is 0 Å². The molecule has 10 heteroatoms. The highest BCUT2D eigenvalue weighted by molar-refractivity contribution is 6.14. The lowest BCUT2D eigenvalue weighted by atomic mass is 10.1. The van der Waals surface area contributed by atoms with Crippen LogP contribution in [0.3, 0.4) is 0 Å². The quantitative estimate of drug-likeness (QED) is 0.104. The van der Waals surface area contributed by atoms with E-state index in [1.165, 1.54) is 33.3 Å². The molecule has 0 saturated heterocycles. The summed E-state index contributed by atoms with van der Waals surface area (Å²) in [6.07, 6.45) is 4.94. The maximum absolute atomic E-state index is 11.3. The van der Waals surface area contributed by atoms with Gasteiger partial charge in [-0.15, -0.1) is 0 Å². The van der Waals surface area contributed by atoms with E-state index >= 15 is 0 Å². The molecule has 168 valence electrons. The molecule has 0 aromatic rings. The second kappa shape index (κ2) is 15.5. The summed E-state index contributed by atoms with van der Waals surface area (Å²) >= 11 is 0. The average molecular weight is 427 g/mol. The van der Waals surface area contributed by atoms with Crippen LogP contribution in [0.1, 0.15) is 13.8 Å². The molecule has 0 radical (unpaired) electrons. The van der Waals surface area contributed by atoms with E-state index in [4.69, 9.17) is 0 Å². The molecule has 0 aliphatic rings. The van der Waals surface area contributed by atoms with Crippen molar-refractivity contribution < 1.29 is 42.9 Å². The second-order valence-electron chi connectivity index (χ2n) is 5.93. The van der Waals surface area contributed by atoms with Gasteiger partial charge in [-0.1, -0.05) is 6.08 Å². The Morgan fingerprint density at radius 2 is 1.20 bits per heavy atom. The predicted octanol–water partition coefficient (Wildman–Crippen LogP) is 0.818. The Hall–Kier alpha value is -3.43. The van der Waals surface area contributed by atoms with Crippen LogP contribution in [0.2, 0.25) is 0 Å². The van der Waals surface area contributed by atoms with Gasteiger partial charge in [-0.2, -0.15) is 0 Å². The average Bonchev–Trinajstić information content (AvgIpc) is 2.73. The highest BCUT2D eigenvalue weighted by Crippen LogP contribution is 2.08. The number of rotatable bonds is 8. The van der Waals surface area contributed by atoms with E-state index in [-0.39, 0.29) is 11.1 Å². The van der Waals surface area contributed by atoms with E-state index in [1.807, 2.05) is 14.1 Å². The van der Waals surface area contributed by atoms with Crippen molar-refractivity contribution in [3.63, 3.8) is 0 Å². The zero-order chi connectivity index (χ0) is 23.9. The number of nitrogens with zero attached hydrogens (tertiary/aromatic N) is 1. The second-order valence-corrected chi connectivity index (χ2v) is 5.93. The molecule has 0 aliphatic heterocycles. The van der Waals surface area contributed by atoms with E-state index in [2.05, 4.69) is 18.9 Å². The number of carbonyl (C=O) groups is 5. The van der Waals surface area contributed by atoms with Crippen molar-refractivity contribution in [2.75, 3.05) is 42.5 Å². The lowest BCUT2D eigenvalue weighted by Crippen LogP contribution is -2.25. The fourth-order valence-corrected chi connectivity index (χ4v) is 1.88. The molecule has 10 nitrogen and oxygen atoms in total. The van der Waals surface area contributed by atoms with E-state index < -0.39 is 29.8 Å². The number of allylic oxidation sites excluding steroid dienone is 3. The van der Waals surface area contributed by atoms with Crippen LogP contribution >= 0.6 is 0 Å². The summed E-state index contributed by atoms with van der Waals surface area (Å²) in [7, 11) is 8.42. The first-order valence-electron chi connectivity index (χ1n) is 8.51. The third kappa shape index (κ3) is 11.4. The summed E-state index contributed by atoms with van der Waals surface area (Å²) in [5, 5.41) is 0. The molecule has 30 heavy (non-hydrogen) atoms. The van der Waals surface area contributed by atoms with Gasteiger partial charge >= 0.3 is 23.9 Å². The van der Waals surface area contributed by atoms with Gasteiger partial charge in [0, 0.05) is 20.3 Å². The summed E-state index contributed by atoms with van der Waals surface area (Å²) in [5.74, 6) is -4.09. The Bertz CT molecular complexity index is 684. The lowest BCUT2D eigenvalue weighted by Gasteiger charge is -2.07. The first kappa shape index (κ1) is 28.8. The lowest BCUT2D eigenvalue weighted by molar-refractivity contribution is -0.156.